The van der Waals surface area contributed by atoms with Gasteiger partial charge in [-0.3, -0.25) is 9.00 Å². The molecular formula is C16H17NO3S. The fraction of sp³-hybridized carbons (Fsp3) is 0.188. The van der Waals surface area contributed by atoms with E-state index in [0.717, 1.165) is 22.4 Å². The number of para-hydroxylation sites is 1. The lowest BCUT2D eigenvalue weighted by molar-refractivity contribution is -0.115. The molecule has 110 valence electrons. The highest BCUT2D eigenvalue weighted by Crippen LogP contribution is 2.32. The van der Waals surface area contributed by atoms with Crippen LogP contribution in [-0.4, -0.2) is 23.0 Å². The number of hydrogen-bond donors (Lipinski definition) is 1. The zero-order valence-electron chi connectivity index (χ0n) is 11.7. The normalized spacial score (nSPS) is 11.9. The van der Waals surface area contributed by atoms with Crippen molar-refractivity contribution < 1.29 is 13.7 Å². The number of methoxy groups -OCH3 is 1. The summed E-state index contributed by atoms with van der Waals surface area (Å²) in [5, 5.41) is 0. The second kappa shape index (κ2) is 7.04. The summed E-state index contributed by atoms with van der Waals surface area (Å²) in [4.78, 5) is 10.9. The summed E-state index contributed by atoms with van der Waals surface area (Å²) in [6.07, 6.45) is 0. The minimum atomic E-state index is -1.31. The largest absolute Gasteiger partial charge is 0.496 e. The molecule has 2 rings (SSSR count). The van der Waals surface area contributed by atoms with Crippen molar-refractivity contribution in [3.8, 4) is 16.9 Å². The van der Waals surface area contributed by atoms with Crippen LogP contribution in [0.3, 0.4) is 0 Å². The molecule has 5 heteroatoms. The van der Waals surface area contributed by atoms with Crippen molar-refractivity contribution in [3.63, 3.8) is 0 Å². The van der Waals surface area contributed by atoms with E-state index >= 15 is 0 Å². The summed E-state index contributed by atoms with van der Waals surface area (Å²) in [7, 11) is 0.309. The maximum absolute atomic E-state index is 11.9. The van der Waals surface area contributed by atoms with Gasteiger partial charge in [0.25, 0.3) is 0 Å². The maximum Gasteiger partial charge on any atom is 0.230 e. The molecule has 0 spiro atoms. The highest BCUT2D eigenvalue weighted by molar-refractivity contribution is 7.84. The van der Waals surface area contributed by atoms with Gasteiger partial charge in [-0.15, -0.1) is 0 Å². The van der Waals surface area contributed by atoms with Crippen LogP contribution in [-0.2, 0) is 21.3 Å². The topological polar surface area (TPSA) is 69.4 Å². The SMILES string of the molecule is COc1ccccc1-c1ccccc1C[S@](=O)CC(N)=O. The number of carbonyl (C=O) groups excluding carboxylic acids is 1. The van der Waals surface area contributed by atoms with Gasteiger partial charge in [0.05, 0.1) is 7.11 Å². The Morgan fingerprint density at radius 1 is 1.10 bits per heavy atom. The van der Waals surface area contributed by atoms with Crippen LogP contribution in [0.15, 0.2) is 48.5 Å². The summed E-state index contributed by atoms with van der Waals surface area (Å²) in [6.45, 7) is 0. The molecule has 0 saturated heterocycles. The third-order valence-electron chi connectivity index (χ3n) is 3.03. The molecule has 4 nitrogen and oxygen atoms in total. The first-order valence-electron chi connectivity index (χ1n) is 6.46. The number of rotatable bonds is 6. The van der Waals surface area contributed by atoms with Gasteiger partial charge < -0.3 is 10.5 Å². The average molecular weight is 303 g/mol. The van der Waals surface area contributed by atoms with Crippen LogP contribution in [0.2, 0.25) is 0 Å². The van der Waals surface area contributed by atoms with Crippen molar-refractivity contribution in [2.24, 2.45) is 5.73 Å². The van der Waals surface area contributed by atoms with Gasteiger partial charge in [-0.25, -0.2) is 0 Å². The zero-order chi connectivity index (χ0) is 15.2. The van der Waals surface area contributed by atoms with Crippen molar-refractivity contribution in [2.45, 2.75) is 5.75 Å². The highest BCUT2D eigenvalue weighted by atomic mass is 32.2. The molecule has 0 bridgehead atoms. The van der Waals surface area contributed by atoms with Gasteiger partial charge in [0.1, 0.15) is 11.5 Å². The van der Waals surface area contributed by atoms with Crippen LogP contribution in [0.1, 0.15) is 5.56 Å². The van der Waals surface area contributed by atoms with E-state index in [-0.39, 0.29) is 11.5 Å². The molecule has 0 aliphatic carbocycles. The summed E-state index contributed by atoms with van der Waals surface area (Å²) in [5.74, 6) is 0.367. The second-order valence-corrected chi connectivity index (χ2v) is 6.01. The lowest BCUT2D eigenvalue weighted by Gasteiger charge is -2.12. The Morgan fingerprint density at radius 2 is 1.71 bits per heavy atom. The van der Waals surface area contributed by atoms with Gasteiger partial charge in [0.15, 0.2) is 0 Å². The van der Waals surface area contributed by atoms with E-state index in [1.54, 1.807) is 7.11 Å². The van der Waals surface area contributed by atoms with E-state index < -0.39 is 16.7 Å². The van der Waals surface area contributed by atoms with E-state index in [1.165, 1.54) is 0 Å². The first kappa shape index (κ1) is 15.3. The zero-order valence-corrected chi connectivity index (χ0v) is 12.6. The molecule has 0 radical (unpaired) electrons. The molecule has 0 fully saturated rings. The van der Waals surface area contributed by atoms with Gasteiger partial charge in [-0.2, -0.15) is 0 Å². The molecule has 2 aromatic rings. The number of benzene rings is 2. The maximum atomic E-state index is 11.9. The van der Waals surface area contributed by atoms with Gasteiger partial charge in [-0.1, -0.05) is 42.5 Å². The van der Waals surface area contributed by atoms with Crippen molar-refractivity contribution in [1.29, 1.82) is 0 Å². The molecule has 0 heterocycles. The van der Waals surface area contributed by atoms with Crippen LogP contribution in [0.25, 0.3) is 11.1 Å². The Bertz CT molecular complexity index is 670. The molecule has 0 aliphatic heterocycles. The quantitative estimate of drug-likeness (QED) is 0.888. The molecule has 0 saturated carbocycles. The molecule has 1 amide bonds. The third kappa shape index (κ3) is 3.92. The predicted octanol–water partition coefficient (Wildman–Crippen LogP) is 2.10. The molecule has 21 heavy (non-hydrogen) atoms. The summed E-state index contributed by atoms with van der Waals surface area (Å²) < 4.78 is 17.3. The Labute approximate surface area is 126 Å². The average Bonchev–Trinajstić information content (AvgIpc) is 2.47. The monoisotopic (exact) mass is 303 g/mol. The van der Waals surface area contributed by atoms with E-state index in [0.29, 0.717) is 0 Å². The molecule has 0 aromatic heterocycles. The van der Waals surface area contributed by atoms with Crippen molar-refractivity contribution in [1.82, 2.24) is 0 Å². The predicted molar refractivity (Wildman–Crippen MR) is 84.3 cm³/mol. The van der Waals surface area contributed by atoms with E-state index in [2.05, 4.69) is 0 Å². The molecule has 1 atom stereocenters. The van der Waals surface area contributed by atoms with Gasteiger partial charge in [0, 0.05) is 22.1 Å². The molecule has 0 aliphatic rings. The fourth-order valence-electron chi connectivity index (χ4n) is 2.16. The molecule has 0 unspecified atom stereocenters. The Kier molecular flexibility index (Phi) is 5.11. The van der Waals surface area contributed by atoms with Crippen LogP contribution in [0.5, 0.6) is 5.75 Å². The Hall–Kier alpha value is -2.14. The lowest BCUT2D eigenvalue weighted by atomic mass is 10.00. The van der Waals surface area contributed by atoms with E-state index in [9.17, 15) is 9.00 Å². The van der Waals surface area contributed by atoms with Gasteiger partial charge in [-0.05, 0) is 17.2 Å². The van der Waals surface area contributed by atoms with Crippen molar-refractivity contribution in [2.75, 3.05) is 12.9 Å². The summed E-state index contributed by atoms with van der Waals surface area (Å²) >= 11 is 0. The fourth-order valence-corrected chi connectivity index (χ4v) is 3.18. The summed E-state index contributed by atoms with van der Waals surface area (Å²) in [6, 6.07) is 15.3. The number of carbonyl (C=O) groups is 1. The van der Waals surface area contributed by atoms with Crippen molar-refractivity contribution in [3.05, 3.63) is 54.1 Å². The summed E-state index contributed by atoms with van der Waals surface area (Å²) in [5.41, 5.74) is 7.88. The van der Waals surface area contributed by atoms with Crippen LogP contribution in [0.4, 0.5) is 0 Å². The first-order chi connectivity index (χ1) is 10.1. The number of nitrogens with two attached hydrogens (primary N) is 1. The van der Waals surface area contributed by atoms with Crippen LogP contribution >= 0.6 is 0 Å². The third-order valence-corrected chi connectivity index (χ3v) is 4.27. The number of primary amides is 1. The lowest BCUT2D eigenvalue weighted by Crippen LogP contribution is -2.20. The number of ether oxygens (including phenoxy) is 1. The number of amides is 1. The second-order valence-electron chi connectivity index (χ2n) is 4.55. The Morgan fingerprint density at radius 3 is 2.38 bits per heavy atom. The minimum absolute atomic E-state index is 0.125. The van der Waals surface area contributed by atoms with Crippen molar-refractivity contribution >= 4 is 16.7 Å². The number of hydrogen-bond acceptors (Lipinski definition) is 3. The Balaban J connectivity index is 2.37. The standard InChI is InChI=1S/C16H17NO3S/c1-20-15-9-5-4-8-14(15)13-7-3-2-6-12(13)10-21(19)11-16(17)18/h2-9H,10-11H2,1H3,(H2,17,18)/t21-/m0/s1. The van der Waals surface area contributed by atoms with Gasteiger partial charge in [0.2, 0.25) is 5.91 Å². The molecule has 2 N–H and O–H groups in total. The first-order valence-corrected chi connectivity index (χ1v) is 7.95. The smallest absolute Gasteiger partial charge is 0.230 e. The minimum Gasteiger partial charge on any atom is -0.496 e. The van der Waals surface area contributed by atoms with Crippen LogP contribution in [0, 0.1) is 0 Å². The highest BCUT2D eigenvalue weighted by Gasteiger charge is 2.12. The van der Waals surface area contributed by atoms with E-state index in [1.807, 2.05) is 48.5 Å². The van der Waals surface area contributed by atoms with E-state index in [4.69, 9.17) is 10.5 Å². The van der Waals surface area contributed by atoms with Crippen LogP contribution < -0.4 is 10.5 Å². The molecular weight excluding hydrogens is 286 g/mol. The molecule has 2 aromatic carbocycles. The van der Waals surface area contributed by atoms with Gasteiger partial charge >= 0.3 is 0 Å².